The van der Waals surface area contributed by atoms with Crippen molar-refractivity contribution in [1.82, 2.24) is 0 Å². The van der Waals surface area contributed by atoms with Gasteiger partial charge in [-0.2, -0.15) is 0 Å². The molecule has 0 radical (unpaired) electrons. The number of rotatable bonds is 0. The molecule has 0 amide bonds. The Hall–Kier alpha value is -0.670. The summed E-state index contributed by atoms with van der Waals surface area (Å²) in [7, 11) is 0. The van der Waals surface area contributed by atoms with Crippen LogP contribution in [-0.2, 0) is 9.53 Å². The largest absolute Gasteiger partial charge is 0.365 e. The lowest BCUT2D eigenvalue weighted by molar-refractivity contribution is -0.182. The van der Waals surface area contributed by atoms with Gasteiger partial charge in [0.05, 0.1) is 0 Å². The van der Waals surface area contributed by atoms with Crippen LogP contribution < -0.4 is 0 Å². The van der Waals surface area contributed by atoms with Crippen LogP contribution in [0.15, 0.2) is 12.2 Å². The van der Waals surface area contributed by atoms with E-state index in [1.807, 2.05) is 0 Å². The topological polar surface area (TPSA) is 46.5 Å². The van der Waals surface area contributed by atoms with Crippen molar-refractivity contribution in [2.24, 2.45) is 0 Å². The molecule has 1 unspecified atom stereocenters. The summed E-state index contributed by atoms with van der Waals surface area (Å²) in [4.78, 5) is 11.7. The third kappa shape index (κ3) is 1.74. The van der Waals surface area contributed by atoms with Crippen LogP contribution in [-0.4, -0.2) is 22.8 Å². The fraction of sp³-hybridized carbons (Fsp3) is 0.727. The second kappa shape index (κ2) is 3.83. The molecule has 0 aromatic carbocycles. The van der Waals surface area contributed by atoms with E-state index in [0.717, 1.165) is 38.5 Å². The van der Waals surface area contributed by atoms with E-state index in [4.69, 9.17) is 4.74 Å². The molecular formula is C11H16O3. The number of aliphatic hydroxyl groups is 1. The summed E-state index contributed by atoms with van der Waals surface area (Å²) in [6.45, 7) is 0. The number of aliphatic hydroxyl groups excluding tert-OH is 1. The number of hydrogen-bond acceptors (Lipinski definition) is 3. The van der Waals surface area contributed by atoms with Crippen molar-refractivity contribution in [1.29, 1.82) is 0 Å². The third-order valence-electron chi connectivity index (χ3n) is 3.12. The first kappa shape index (κ1) is 9.87. The van der Waals surface area contributed by atoms with Gasteiger partial charge < -0.3 is 9.84 Å². The third-order valence-corrected chi connectivity index (χ3v) is 3.12. The zero-order chi connectivity index (χ0) is 10.0. The second-order valence-corrected chi connectivity index (χ2v) is 4.14. The van der Waals surface area contributed by atoms with Crippen LogP contribution in [0.5, 0.6) is 0 Å². The van der Waals surface area contributed by atoms with Gasteiger partial charge in [-0.1, -0.05) is 25.7 Å². The minimum atomic E-state index is -0.897. The van der Waals surface area contributed by atoms with Crippen LogP contribution in [0.4, 0.5) is 0 Å². The highest BCUT2D eigenvalue weighted by molar-refractivity contribution is 5.97. The Bertz CT molecular complexity index is 249. The van der Waals surface area contributed by atoms with E-state index in [9.17, 15) is 9.90 Å². The van der Waals surface area contributed by atoms with Crippen LogP contribution in [0, 0.1) is 0 Å². The molecule has 0 saturated heterocycles. The predicted octanol–water partition coefficient (Wildman–Crippen LogP) is 1.55. The lowest BCUT2D eigenvalue weighted by Gasteiger charge is -2.34. The van der Waals surface area contributed by atoms with Gasteiger partial charge in [0.1, 0.15) is 5.60 Å². The van der Waals surface area contributed by atoms with Gasteiger partial charge in [-0.05, 0) is 25.0 Å². The Balaban J connectivity index is 2.19. The van der Waals surface area contributed by atoms with Crippen LogP contribution in [0.3, 0.4) is 0 Å². The highest BCUT2D eigenvalue weighted by atomic mass is 16.6. The Kier molecular flexibility index (Phi) is 2.70. The fourth-order valence-electron chi connectivity index (χ4n) is 2.31. The highest BCUT2D eigenvalue weighted by Crippen LogP contribution is 2.34. The van der Waals surface area contributed by atoms with Crippen molar-refractivity contribution in [2.45, 2.75) is 50.4 Å². The molecule has 0 aromatic rings. The van der Waals surface area contributed by atoms with E-state index in [2.05, 4.69) is 0 Å². The second-order valence-electron chi connectivity index (χ2n) is 4.14. The Labute approximate surface area is 83.8 Å². The van der Waals surface area contributed by atoms with E-state index in [1.165, 1.54) is 12.2 Å². The standard InChI is InChI=1S/C11H16O3/c12-9-5-6-10(13)14-11(9)7-3-1-2-4-8-11/h5-6,10,13H,1-4,7-8H2. The normalized spacial score (nSPS) is 31.8. The van der Waals surface area contributed by atoms with E-state index in [1.54, 1.807) is 0 Å². The minimum absolute atomic E-state index is 0.0321. The van der Waals surface area contributed by atoms with Crippen LogP contribution >= 0.6 is 0 Å². The van der Waals surface area contributed by atoms with E-state index in [0.29, 0.717) is 0 Å². The lowest BCUT2D eigenvalue weighted by Crippen LogP contribution is -2.45. The molecule has 1 fully saturated rings. The van der Waals surface area contributed by atoms with Gasteiger partial charge in [-0.3, -0.25) is 4.79 Å². The number of carbonyl (C=O) groups excluding carboxylic acids is 1. The number of carbonyl (C=O) groups is 1. The quantitative estimate of drug-likeness (QED) is 0.639. The first-order valence-corrected chi connectivity index (χ1v) is 5.31. The minimum Gasteiger partial charge on any atom is -0.365 e. The average molecular weight is 196 g/mol. The van der Waals surface area contributed by atoms with Gasteiger partial charge in [0.25, 0.3) is 0 Å². The molecular weight excluding hydrogens is 180 g/mol. The molecule has 3 nitrogen and oxygen atoms in total. The number of hydrogen-bond donors (Lipinski definition) is 1. The maximum absolute atomic E-state index is 11.7. The van der Waals surface area contributed by atoms with Gasteiger partial charge in [0.15, 0.2) is 12.1 Å². The summed E-state index contributed by atoms with van der Waals surface area (Å²) in [5.74, 6) is 0.0321. The van der Waals surface area contributed by atoms with Crippen LogP contribution in [0.25, 0.3) is 0 Å². The molecule has 0 aromatic heterocycles. The van der Waals surface area contributed by atoms with Crippen LogP contribution in [0.1, 0.15) is 38.5 Å². The molecule has 2 rings (SSSR count). The van der Waals surface area contributed by atoms with E-state index in [-0.39, 0.29) is 5.78 Å². The predicted molar refractivity (Wildman–Crippen MR) is 51.7 cm³/mol. The molecule has 1 aliphatic heterocycles. The van der Waals surface area contributed by atoms with Crippen molar-refractivity contribution in [3.8, 4) is 0 Å². The van der Waals surface area contributed by atoms with Gasteiger partial charge in [-0.15, -0.1) is 0 Å². The van der Waals surface area contributed by atoms with Gasteiger partial charge in [0, 0.05) is 0 Å². The summed E-state index contributed by atoms with van der Waals surface area (Å²) in [6, 6.07) is 0. The Morgan fingerprint density at radius 1 is 1.29 bits per heavy atom. The average Bonchev–Trinajstić information content (AvgIpc) is 2.39. The van der Waals surface area contributed by atoms with Gasteiger partial charge >= 0.3 is 0 Å². The smallest absolute Gasteiger partial charge is 0.187 e. The maximum atomic E-state index is 11.7. The number of ketones is 1. The van der Waals surface area contributed by atoms with Gasteiger partial charge in [-0.25, -0.2) is 0 Å². The lowest BCUT2D eigenvalue weighted by atomic mass is 9.87. The Morgan fingerprint density at radius 2 is 1.93 bits per heavy atom. The molecule has 1 heterocycles. The molecule has 3 heteroatoms. The van der Waals surface area contributed by atoms with Crippen LogP contribution in [0.2, 0.25) is 0 Å². The first-order valence-electron chi connectivity index (χ1n) is 5.31. The maximum Gasteiger partial charge on any atom is 0.187 e. The molecule has 1 N–H and O–H groups in total. The summed E-state index contributed by atoms with van der Waals surface area (Å²) < 4.78 is 5.43. The SMILES string of the molecule is O=C1C=CC(O)OC12CCCCCC2. The molecule has 0 bridgehead atoms. The number of ether oxygens (including phenoxy) is 1. The molecule has 2 aliphatic rings. The van der Waals surface area contributed by atoms with Gasteiger partial charge in [0.2, 0.25) is 0 Å². The highest BCUT2D eigenvalue weighted by Gasteiger charge is 2.41. The van der Waals surface area contributed by atoms with Crippen molar-refractivity contribution >= 4 is 5.78 Å². The zero-order valence-electron chi connectivity index (χ0n) is 8.24. The monoisotopic (exact) mass is 196 g/mol. The zero-order valence-corrected chi connectivity index (χ0v) is 8.24. The molecule has 14 heavy (non-hydrogen) atoms. The van der Waals surface area contributed by atoms with Crippen molar-refractivity contribution in [3.63, 3.8) is 0 Å². The van der Waals surface area contributed by atoms with E-state index >= 15 is 0 Å². The summed E-state index contributed by atoms with van der Waals surface area (Å²) >= 11 is 0. The van der Waals surface area contributed by atoms with E-state index < -0.39 is 11.9 Å². The van der Waals surface area contributed by atoms with Crippen molar-refractivity contribution in [3.05, 3.63) is 12.2 Å². The van der Waals surface area contributed by atoms with Crippen molar-refractivity contribution in [2.75, 3.05) is 0 Å². The summed E-state index contributed by atoms with van der Waals surface area (Å²) in [5.41, 5.74) is -0.704. The Morgan fingerprint density at radius 3 is 2.57 bits per heavy atom. The summed E-state index contributed by atoms with van der Waals surface area (Å²) in [6.07, 6.45) is 7.87. The molecule has 1 aliphatic carbocycles. The molecule has 78 valence electrons. The summed E-state index contributed by atoms with van der Waals surface area (Å²) in [5, 5.41) is 9.37. The fourth-order valence-corrected chi connectivity index (χ4v) is 2.31. The molecule has 1 atom stereocenters. The van der Waals surface area contributed by atoms with Crippen molar-refractivity contribution < 1.29 is 14.6 Å². The molecule has 1 saturated carbocycles. The first-order chi connectivity index (χ1) is 6.73. The molecule has 1 spiro atoms.